The van der Waals surface area contributed by atoms with E-state index in [1.165, 1.54) is 0 Å². The Bertz CT molecular complexity index is 1430. The van der Waals surface area contributed by atoms with Gasteiger partial charge in [0.05, 0.1) is 16.6 Å². The van der Waals surface area contributed by atoms with Gasteiger partial charge in [-0.05, 0) is 60.2 Å². The number of nitrogens with zero attached hydrogens (tertiary/aromatic N) is 2. The molecule has 0 bridgehead atoms. The molecule has 0 aliphatic carbocycles. The Morgan fingerprint density at radius 3 is 2.41 bits per heavy atom. The molecule has 140 valence electrons. The predicted molar refractivity (Wildman–Crippen MR) is 122 cm³/mol. The van der Waals surface area contributed by atoms with Gasteiger partial charge in [0, 0.05) is 21.6 Å². The standard InChI is InChI=1S/C24H16BrN3O/c25-17-10-12-18(13-11-17)28-23(27-22-8-4-2-6-20(22)24(28)29)14-9-16-15-26-21-7-3-1-5-19(16)21/h1-15,26H. The summed E-state index contributed by atoms with van der Waals surface area (Å²) in [5.41, 5.74) is 3.49. The van der Waals surface area contributed by atoms with Crippen molar-refractivity contribution in [1.82, 2.24) is 14.5 Å². The maximum atomic E-state index is 13.3. The number of aromatic nitrogens is 3. The lowest BCUT2D eigenvalue weighted by atomic mass is 10.1. The maximum absolute atomic E-state index is 13.3. The maximum Gasteiger partial charge on any atom is 0.266 e. The summed E-state index contributed by atoms with van der Waals surface area (Å²) in [4.78, 5) is 21.3. The fraction of sp³-hybridized carbons (Fsp3) is 0. The number of halogens is 1. The Morgan fingerprint density at radius 1 is 0.862 bits per heavy atom. The van der Waals surface area contributed by atoms with E-state index in [1.807, 2.05) is 85.1 Å². The third-order valence-electron chi connectivity index (χ3n) is 4.92. The van der Waals surface area contributed by atoms with Crippen LogP contribution in [-0.4, -0.2) is 14.5 Å². The summed E-state index contributed by atoms with van der Waals surface area (Å²) in [5.74, 6) is 0.585. The number of hydrogen-bond donors (Lipinski definition) is 1. The Balaban J connectivity index is 1.72. The first kappa shape index (κ1) is 17.6. The average Bonchev–Trinajstić information content (AvgIpc) is 3.16. The molecular weight excluding hydrogens is 426 g/mol. The van der Waals surface area contributed by atoms with E-state index in [0.29, 0.717) is 16.7 Å². The number of para-hydroxylation sites is 2. The van der Waals surface area contributed by atoms with Gasteiger partial charge in [-0.1, -0.05) is 46.3 Å². The zero-order chi connectivity index (χ0) is 19.8. The van der Waals surface area contributed by atoms with E-state index in [4.69, 9.17) is 4.98 Å². The molecule has 5 aromatic rings. The third kappa shape index (κ3) is 3.19. The van der Waals surface area contributed by atoms with Crippen LogP contribution in [0.1, 0.15) is 11.4 Å². The first-order valence-electron chi connectivity index (χ1n) is 9.23. The third-order valence-corrected chi connectivity index (χ3v) is 5.45. The Labute approximate surface area is 175 Å². The van der Waals surface area contributed by atoms with Crippen LogP contribution in [0.15, 0.2) is 88.3 Å². The number of fused-ring (bicyclic) bond motifs is 2. The van der Waals surface area contributed by atoms with Crippen LogP contribution in [0, 0.1) is 0 Å². The number of nitrogens with one attached hydrogen (secondary N) is 1. The van der Waals surface area contributed by atoms with Crippen LogP contribution in [0.5, 0.6) is 0 Å². The highest BCUT2D eigenvalue weighted by Crippen LogP contribution is 2.21. The number of H-pyrrole nitrogens is 1. The van der Waals surface area contributed by atoms with Crippen LogP contribution in [0.4, 0.5) is 0 Å². The summed E-state index contributed by atoms with van der Waals surface area (Å²) in [5, 5.41) is 1.72. The highest BCUT2D eigenvalue weighted by Gasteiger charge is 2.11. The first-order chi connectivity index (χ1) is 14.2. The largest absolute Gasteiger partial charge is 0.361 e. The molecule has 0 aliphatic heterocycles. The number of aromatic amines is 1. The Morgan fingerprint density at radius 2 is 1.59 bits per heavy atom. The van der Waals surface area contributed by atoms with Crippen molar-refractivity contribution in [3.8, 4) is 5.69 Å². The summed E-state index contributed by atoms with van der Waals surface area (Å²) in [6.45, 7) is 0. The van der Waals surface area contributed by atoms with Crippen molar-refractivity contribution in [2.45, 2.75) is 0 Å². The van der Waals surface area contributed by atoms with Crippen molar-refractivity contribution < 1.29 is 0 Å². The summed E-state index contributed by atoms with van der Waals surface area (Å²) in [6, 6.07) is 23.2. The molecule has 0 radical (unpaired) electrons. The molecule has 2 aromatic heterocycles. The minimum atomic E-state index is -0.0866. The normalized spacial score (nSPS) is 11.6. The lowest BCUT2D eigenvalue weighted by Gasteiger charge is -2.11. The van der Waals surface area contributed by atoms with E-state index in [2.05, 4.69) is 27.0 Å². The van der Waals surface area contributed by atoms with Gasteiger partial charge in [-0.15, -0.1) is 0 Å². The van der Waals surface area contributed by atoms with Crippen LogP contribution in [0.2, 0.25) is 0 Å². The van der Waals surface area contributed by atoms with Gasteiger partial charge in [0.1, 0.15) is 5.82 Å². The Hall–Kier alpha value is -3.44. The summed E-state index contributed by atoms with van der Waals surface area (Å²) >= 11 is 3.45. The molecule has 29 heavy (non-hydrogen) atoms. The van der Waals surface area contributed by atoms with Gasteiger partial charge in [-0.25, -0.2) is 4.98 Å². The topological polar surface area (TPSA) is 50.7 Å². The molecule has 5 heteroatoms. The second-order valence-electron chi connectivity index (χ2n) is 6.73. The average molecular weight is 442 g/mol. The van der Waals surface area contributed by atoms with Crippen molar-refractivity contribution >= 4 is 49.9 Å². The number of hydrogen-bond acceptors (Lipinski definition) is 2. The smallest absolute Gasteiger partial charge is 0.266 e. The molecule has 0 atom stereocenters. The molecule has 3 aromatic carbocycles. The van der Waals surface area contributed by atoms with Crippen LogP contribution in [-0.2, 0) is 0 Å². The van der Waals surface area contributed by atoms with Gasteiger partial charge in [0.25, 0.3) is 5.56 Å². The van der Waals surface area contributed by atoms with Crippen LogP contribution < -0.4 is 5.56 Å². The fourth-order valence-electron chi connectivity index (χ4n) is 3.50. The molecular formula is C24H16BrN3O. The Kier molecular flexibility index (Phi) is 4.37. The second-order valence-corrected chi connectivity index (χ2v) is 7.64. The summed E-state index contributed by atoms with van der Waals surface area (Å²) in [6.07, 6.45) is 5.85. The molecule has 0 spiro atoms. The van der Waals surface area contributed by atoms with E-state index < -0.39 is 0 Å². The van der Waals surface area contributed by atoms with Gasteiger partial charge in [0.15, 0.2) is 0 Å². The van der Waals surface area contributed by atoms with Crippen molar-refractivity contribution in [3.05, 3.63) is 105 Å². The van der Waals surface area contributed by atoms with E-state index >= 15 is 0 Å². The van der Waals surface area contributed by atoms with Crippen molar-refractivity contribution in [2.75, 3.05) is 0 Å². The van der Waals surface area contributed by atoms with Gasteiger partial charge in [-0.3, -0.25) is 9.36 Å². The summed E-state index contributed by atoms with van der Waals surface area (Å²) in [7, 11) is 0. The van der Waals surface area contributed by atoms with Gasteiger partial charge >= 0.3 is 0 Å². The monoisotopic (exact) mass is 441 g/mol. The van der Waals surface area contributed by atoms with Crippen molar-refractivity contribution in [1.29, 1.82) is 0 Å². The van der Waals surface area contributed by atoms with E-state index in [1.54, 1.807) is 4.57 Å². The molecule has 0 fully saturated rings. The van der Waals surface area contributed by atoms with Gasteiger partial charge in [0.2, 0.25) is 0 Å². The van der Waals surface area contributed by atoms with Gasteiger partial charge in [-0.2, -0.15) is 0 Å². The SMILES string of the molecule is O=c1c2ccccc2nc(C=Cc2c[nH]c3ccccc23)n1-c1ccc(Br)cc1. The fourth-order valence-corrected chi connectivity index (χ4v) is 3.76. The molecule has 0 aliphatic rings. The van der Waals surface area contributed by atoms with Crippen molar-refractivity contribution in [2.24, 2.45) is 0 Å². The molecule has 2 heterocycles. The molecule has 0 saturated carbocycles. The van der Waals surface area contributed by atoms with E-state index in [0.717, 1.165) is 26.6 Å². The highest BCUT2D eigenvalue weighted by atomic mass is 79.9. The molecule has 0 saturated heterocycles. The number of rotatable bonds is 3. The second kappa shape index (κ2) is 7.18. The lowest BCUT2D eigenvalue weighted by molar-refractivity contribution is 0.943. The minimum Gasteiger partial charge on any atom is -0.361 e. The van der Waals surface area contributed by atoms with E-state index in [-0.39, 0.29) is 5.56 Å². The minimum absolute atomic E-state index is 0.0866. The predicted octanol–water partition coefficient (Wildman–Crippen LogP) is 5.80. The van der Waals surface area contributed by atoms with Crippen LogP contribution >= 0.6 is 15.9 Å². The molecule has 0 unspecified atom stereocenters. The van der Waals surface area contributed by atoms with Gasteiger partial charge < -0.3 is 4.98 Å². The quantitative estimate of drug-likeness (QED) is 0.384. The highest BCUT2D eigenvalue weighted by molar-refractivity contribution is 9.10. The lowest BCUT2D eigenvalue weighted by Crippen LogP contribution is -2.22. The first-order valence-corrected chi connectivity index (χ1v) is 10.0. The zero-order valence-corrected chi connectivity index (χ0v) is 16.9. The van der Waals surface area contributed by atoms with Crippen LogP contribution in [0.25, 0.3) is 39.6 Å². The molecule has 0 amide bonds. The molecule has 5 rings (SSSR count). The molecule has 1 N–H and O–H groups in total. The zero-order valence-electron chi connectivity index (χ0n) is 15.3. The number of benzene rings is 3. The van der Waals surface area contributed by atoms with Crippen molar-refractivity contribution in [3.63, 3.8) is 0 Å². The summed E-state index contributed by atoms with van der Waals surface area (Å²) < 4.78 is 2.61. The molecule has 4 nitrogen and oxygen atoms in total. The van der Waals surface area contributed by atoms with E-state index in [9.17, 15) is 4.79 Å². The van der Waals surface area contributed by atoms with Crippen LogP contribution in [0.3, 0.4) is 0 Å².